The molecule has 0 bridgehead atoms. The summed E-state index contributed by atoms with van der Waals surface area (Å²) in [4.78, 5) is 10.9. The number of aliphatic imine (C=N–C) groups is 1. The summed E-state index contributed by atoms with van der Waals surface area (Å²) >= 11 is 0. The average molecular weight is 453 g/mol. The van der Waals surface area contributed by atoms with Gasteiger partial charge < -0.3 is 20.8 Å². The Morgan fingerprint density at radius 2 is 2.21 bits per heavy atom. The highest BCUT2D eigenvalue weighted by Crippen LogP contribution is 2.32. The van der Waals surface area contributed by atoms with Gasteiger partial charge in [0.25, 0.3) is 0 Å². The standard InChI is InChI=1S/C25H33FN6O/c1-18-11-24(32-16-25(2,17-32)30-13-19-7-3-5-9-29-19)22(26)12-21(18)23(31-27)15-28-14-20-8-4-6-10-33-20/h3,5,7,9,11-12,15,20,30H,4,6,8,10,13-14,16-17,27H2,1-2H3/b28-15?,31-23+. The summed E-state index contributed by atoms with van der Waals surface area (Å²) in [7, 11) is 0. The number of hydrazone groups is 1. The lowest BCUT2D eigenvalue weighted by Gasteiger charge is -2.50. The Hall–Kier alpha value is -2.84. The molecule has 3 heterocycles. The molecule has 0 aliphatic carbocycles. The zero-order valence-electron chi connectivity index (χ0n) is 19.4. The topological polar surface area (TPSA) is 88.1 Å². The highest BCUT2D eigenvalue weighted by Gasteiger charge is 2.39. The van der Waals surface area contributed by atoms with Crippen LogP contribution in [0.2, 0.25) is 0 Å². The van der Waals surface area contributed by atoms with Crippen molar-refractivity contribution in [2.24, 2.45) is 15.9 Å². The quantitative estimate of drug-likeness (QED) is 0.365. The van der Waals surface area contributed by atoms with Crippen LogP contribution in [0.5, 0.6) is 0 Å². The van der Waals surface area contributed by atoms with E-state index in [1.165, 1.54) is 6.07 Å². The van der Waals surface area contributed by atoms with Gasteiger partial charge in [0, 0.05) is 44.2 Å². The van der Waals surface area contributed by atoms with Gasteiger partial charge in [-0.25, -0.2) is 4.39 Å². The number of nitrogens with two attached hydrogens (primary N) is 1. The van der Waals surface area contributed by atoms with Crippen molar-refractivity contribution in [2.75, 3.05) is 31.1 Å². The maximum Gasteiger partial charge on any atom is 0.147 e. The molecule has 0 radical (unpaired) electrons. The monoisotopic (exact) mass is 452 g/mol. The van der Waals surface area contributed by atoms with Crippen LogP contribution in [-0.4, -0.2) is 54.8 Å². The molecular formula is C25H33FN6O. The number of aromatic nitrogens is 1. The second kappa shape index (κ2) is 10.4. The predicted molar refractivity (Wildman–Crippen MR) is 131 cm³/mol. The van der Waals surface area contributed by atoms with E-state index < -0.39 is 0 Å². The second-order valence-corrected chi connectivity index (χ2v) is 9.21. The van der Waals surface area contributed by atoms with Gasteiger partial charge in [0.2, 0.25) is 0 Å². The molecule has 7 nitrogen and oxygen atoms in total. The van der Waals surface area contributed by atoms with E-state index in [0.717, 1.165) is 50.2 Å². The van der Waals surface area contributed by atoms with Gasteiger partial charge in [0.1, 0.15) is 11.5 Å². The lowest BCUT2D eigenvalue weighted by atomic mass is 9.90. The minimum Gasteiger partial charge on any atom is -0.376 e. The molecule has 1 aromatic carbocycles. The van der Waals surface area contributed by atoms with Crippen LogP contribution in [0.3, 0.4) is 0 Å². The summed E-state index contributed by atoms with van der Waals surface area (Å²) in [6.07, 6.45) is 6.84. The third-order valence-corrected chi connectivity index (χ3v) is 6.35. The van der Waals surface area contributed by atoms with Crippen molar-refractivity contribution < 1.29 is 9.13 Å². The van der Waals surface area contributed by atoms with Crippen molar-refractivity contribution in [3.05, 3.63) is 59.2 Å². The van der Waals surface area contributed by atoms with E-state index in [2.05, 4.69) is 27.3 Å². The highest BCUT2D eigenvalue weighted by molar-refractivity contribution is 6.38. The van der Waals surface area contributed by atoms with Gasteiger partial charge in [-0.3, -0.25) is 9.98 Å². The first-order chi connectivity index (χ1) is 16.0. The van der Waals surface area contributed by atoms with E-state index in [9.17, 15) is 0 Å². The number of pyridine rings is 1. The number of benzene rings is 1. The summed E-state index contributed by atoms with van der Waals surface area (Å²) < 4.78 is 20.8. The number of rotatable bonds is 8. The number of hydrogen-bond donors (Lipinski definition) is 2. The van der Waals surface area contributed by atoms with Crippen molar-refractivity contribution in [3.8, 4) is 0 Å². The van der Waals surface area contributed by atoms with Crippen LogP contribution < -0.4 is 16.1 Å². The van der Waals surface area contributed by atoms with E-state index in [4.69, 9.17) is 10.6 Å². The molecule has 176 valence electrons. The fraction of sp³-hybridized carbons (Fsp3) is 0.480. The first kappa shape index (κ1) is 23.3. The maximum atomic E-state index is 15.1. The molecule has 1 aromatic heterocycles. The van der Waals surface area contributed by atoms with Gasteiger partial charge in [0.15, 0.2) is 0 Å². The van der Waals surface area contributed by atoms with Crippen LogP contribution in [0, 0.1) is 12.7 Å². The number of ether oxygens (including phenoxy) is 1. The lowest BCUT2D eigenvalue weighted by molar-refractivity contribution is 0.0226. The molecule has 2 aliphatic heterocycles. The third-order valence-electron chi connectivity index (χ3n) is 6.35. The number of aryl methyl sites for hydroxylation is 1. The molecule has 0 saturated carbocycles. The zero-order valence-corrected chi connectivity index (χ0v) is 19.4. The minimum absolute atomic E-state index is 0.0890. The number of hydrogen-bond acceptors (Lipinski definition) is 7. The normalized spacial score (nSPS) is 20.8. The fourth-order valence-corrected chi connectivity index (χ4v) is 4.45. The molecule has 4 rings (SSSR count). The van der Waals surface area contributed by atoms with Crippen molar-refractivity contribution >= 4 is 17.6 Å². The predicted octanol–water partition coefficient (Wildman–Crippen LogP) is 3.20. The fourth-order valence-electron chi connectivity index (χ4n) is 4.45. The van der Waals surface area contributed by atoms with E-state index in [1.807, 2.05) is 36.1 Å². The van der Waals surface area contributed by atoms with Crippen LogP contribution >= 0.6 is 0 Å². The first-order valence-electron chi connectivity index (χ1n) is 11.6. The van der Waals surface area contributed by atoms with Crippen LogP contribution in [0.15, 0.2) is 46.6 Å². The maximum absolute atomic E-state index is 15.1. The molecule has 1 atom stereocenters. The summed E-state index contributed by atoms with van der Waals surface area (Å²) in [5, 5.41) is 7.40. The molecule has 1 unspecified atom stereocenters. The molecular weight excluding hydrogens is 419 g/mol. The SMILES string of the molecule is Cc1cc(N2CC(C)(NCc3ccccn3)C2)c(F)cc1/C(C=NCC1CCCCO1)=N/N. The Morgan fingerprint density at radius 3 is 2.91 bits per heavy atom. The van der Waals surface area contributed by atoms with Crippen molar-refractivity contribution in [1.82, 2.24) is 10.3 Å². The molecule has 2 aromatic rings. The number of halogens is 1. The molecule has 33 heavy (non-hydrogen) atoms. The summed E-state index contributed by atoms with van der Waals surface area (Å²) in [6.45, 7) is 7.57. The molecule has 2 saturated heterocycles. The number of nitrogens with zero attached hydrogens (tertiary/aromatic N) is 4. The molecule has 0 spiro atoms. The Labute approximate surface area is 194 Å². The minimum atomic E-state index is -0.285. The molecule has 2 fully saturated rings. The first-order valence-corrected chi connectivity index (χ1v) is 11.6. The van der Waals surface area contributed by atoms with E-state index in [1.54, 1.807) is 12.4 Å². The smallest absolute Gasteiger partial charge is 0.147 e. The summed E-state index contributed by atoms with van der Waals surface area (Å²) in [6, 6.07) is 9.26. The Kier molecular flexibility index (Phi) is 7.35. The Bertz CT molecular complexity index is 997. The van der Waals surface area contributed by atoms with Gasteiger partial charge in [-0.05, 0) is 62.9 Å². The molecule has 2 aliphatic rings. The number of nitrogens with one attached hydrogen (secondary N) is 1. The van der Waals surface area contributed by atoms with Crippen LogP contribution in [-0.2, 0) is 11.3 Å². The van der Waals surface area contributed by atoms with E-state index in [0.29, 0.717) is 30.1 Å². The third kappa shape index (κ3) is 5.75. The largest absolute Gasteiger partial charge is 0.376 e. The van der Waals surface area contributed by atoms with Crippen LogP contribution in [0.1, 0.15) is 43.0 Å². The number of anilines is 1. The van der Waals surface area contributed by atoms with Gasteiger partial charge in [0.05, 0.1) is 29.6 Å². The molecule has 3 N–H and O–H groups in total. The highest BCUT2D eigenvalue weighted by atomic mass is 19.1. The van der Waals surface area contributed by atoms with E-state index in [-0.39, 0.29) is 17.5 Å². The molecule has 8 heteroatoms. The van der Waals surface area contributed by atoms with Crippen LogP contribution in [0.4, 0.5) is 10.1 Å². The van der Waals surface area contributed by atoms with Crippen LogP contribution in [0.25, 0.3) is 0 Å². The zero-order chi connectivity index (χ0) is 23.3. The second-order valence-electron chi connectivity index (χ2n) is 9.21. The molecule has 0 amide bonds. The summed E-state index contributed by atoms with van der Waals surface area (Å²) in [5.41, 5.74) is 3.54. The van der Waals surface area contributed by atoms with Gasteiger partial charge >= 0.3 is 0 Å². The Morgan fingerprint density at radius 1 is 1.36 bits per heavy atom. The van der Waals surface area contributed by atoms with Gasteiger partial charge in [-0.1, -0.05) is 6.07 Å². The van der Waals surface area contributed by atoms with Crippen molar-refractivity contribution in [2.45, 2.75) is 51.3 Å². The van der Waals surface area contributed by atoms with E-state index >= 15 is 4.39 Å². The lowest BCUT2D eigenvalue weighted by Crippen LogP contribution is -2.67. The van der Waals surface area contributed by atoms with Crippen molar-refractivity contribution in [3.63, 3.8) is 0 Å². The van der Waals surface area contributed by atoms with Gasteiger partial charge in [-0.2, -0.15) is 5.10 Å². The Balaban J connectivity index is 1.37. The summed E-state index contributed by atoms with van der Waals surface area (Å²) in [5.74, 6) is 5.33. The average Bonchev–Trinajstić information content (AvgIpc) is 2.82. The van der Waals surface area contributed by atoms with Gasteiger partial charge in [-0.15, -0.1) is 0 Å². The van der Waals surface area contributed by atoms with Crippen molar-refractivity contribution in [1.29, 1.82) is 0 Å².